The second-order valence-electron chi connectivity index (χ2n) is 3.19. The van der Waals surface area contributed by atoms with Crippen LogP contribution in [-0.2, 0) is 0 Å². The first-order valence-electron chi connectivity index (χ1n) is 4.44. The third-order valence-electron chi connectivity index (χ3n) is 2.13. The molecule has 0 radical (unpaired) electrons. The van der Waals surface area contributed by atoms with Gasteiger partial charge in [-0.3, -0.25) is 4.79 Å². The van der Waals surface area contributed by atoms with Crippen molar-refractivity contribution < 1.29 is 34.5 Å². The van der Waals surface area contributed by atoms with Crippen LogP contribution in [0.4, 0.5) is 0 Å². The molecule has 8 heteroatoms. The lowest BCUT2D eigenvalue weighted by Gasteiger charge is -2.09. The number of nitrogens with two attached hydrogens (primary N) is 1. The van der Waals surface area contributed by atoms with Gasteiger partial charge in [-0.25, -0.2) is 14.4 Å². The van der Waals surface area contributed by atoms with Crippen LogP contribution >= 0.6 is 0 Å². The van der Waals surface area contributed by atoms with Crippen LogP contribution in [-0.4, -0.2) is 39.1 Å². The van der Waals surface area contributed by atoms with Gasteiger partial charge in [0.05, 0.1) is 22.3 Å². The fraction of sp³-hybridized carbons (Fsp3) is 0. The summed E-state index contributed by atoms with van der Waals surface area (Å²) in [6.07, 6.45) is 0. The van der Waals surface area contributed by atoms with Crippen LogP contribution in [0.2, 0.25) is 0 Å². The summed E-state index contributed by atoms with van der Waals surface area (Å²) >= 11 is 0. The fourth-order valence-electron chi connectivity index (χ4n) is 1.43. The summed E-state index contributed by atoms with van der Waals surface area (Å²) in [4.78, 5) is 43.7. The first-order chi connectivity index (χ1) is 8.27. The molecule has 0 unspecified atom stereocenters. The lowest BCUT2D eigenvalue weighted by Crippen LogP contribution is -2.22. The Hall–Kier alpha value is -2.90. The summed E-state index contributed by atoms with van der Waals surface area (Å²) in [5.41, 5.74) is 1.69. The first kappa shape index (κ1) is 13.2. The van der Waals surface area contributed by atoms with Gasteiger partial charge in [0.2, 0.25) is 5.91 Å². The minimum atomic E-state index is -1.77. The van der Waals surface area contributed by atoms with Gasteiger partial charge in [-0.05, 0) is 12.1 Å². The highest BCUT2D eigenvalue weighted by molar-refractivity contribution is 6.14. The maximum Gasteiger partial charge on any atom is 0.337 e. The summed E-state index contributed by atoms with van der Waals surface area (Å²) < 4.78 is 0. The van der Waals surface area contributed by atoms with Crippen LogP contribution in [0.3, 0.4) is 0 Å². The number of carbonyl (C=O) groups is 4. The van der Waals surface area contributed by atoms with E-state index in [1.807, 2.05) is 0 Å². The molecule has 0 aliphatic carbocycles. The van der Waals surface area contributed by atoms with Crippen LogP contribution in [0.5, 0.6) is 0 Å². The maximum absolute atomic E-state index is 11.0. The molecule has 0 heterocycles. The average molecular weight is 253 g/mol. The molecule has 0 saturated carbocycles. The molecule has 0 fully saturated rings. The minimum absolute atomic E-state index is 0.565. The van der Waals surface area contributed by atoms with Crippen LogP contribution in [0.25, 0.3) is 0 Å². The normalized spacial score (nSPS) is 9.78. The summed E-state index contributed by atoms with van der Waals surface area (Å²) in [5, 5.41) is 26.5. The van der Waals surface area contributed by atoms with Crippen LogP contribution in [0.1, 0.15) is 41.4 Å². The van der Waals surface area contributed by atoms with E-state index in [-0.39, 0.29) is 0 Å². The molecule has 1 rings (SSSR count). The van der Waals surface area contributed by atoms with E-state index in [2.05, 4.69) is 0 Å². The van der Waals surface area contributed by atoms with Gasteiger partial charge in [0, 0.05) is 0 Å². The van der Waals surface area contributed by atoms with Gasteiger partial charge in [-0.15, -0.1) is 0 Å². The van der Waals surface area contributed by atoms with Crippen molar-refractivity contribution in [3.05, 3.63) is 34.4 Å². The van der Waals surface area contributed by atoms with E-state index in [1.54, 1.807) is 0 Å². The Morgan fingerprint density at radius 2 is 1.17 bits per heavy atom. The van der Waals surface area contributed by atoms with Crippen molar-refractivity contribution in [2.24, 2.45) is 5.73 Å². The molecule has 8 nitrogen and oxygen atoms in total. The number of benzene rings is 1. The molecular formula is C10H7NO7. The largest absolute Gasteiger partial charge is 0.478 e. The number of carboxylic acids is 3. The Morgan fingerprint density at radius 3 is 1.50 bits per heavy atom. The molecule has 0 spiro atoms. The predicted molar refractivity (Wildman–Crippen MR) is 55.8 cm³/mol. The van der Waals surface area contributed by atoms with Crippen LogP contribution < -0.4 is 5.73 Å². The van der Waals surface area contributed by atoms with Crippen molar-refractivity contribution in [2.45, 2.75) is 0 Å². The van der Waals surface area contributed by atoms with Gasteiger partial charge >= 0.3 is 17.9 Å². The number of primary amides is 1. The van der Waals surface area contributed by atoms with Crippen LogP contribution in [0, 0.1) is 0 Å². The van der Waals surface area contributed by atoms with Crippen molar-refractivity contribution in [1.82, 2.24) is 0 Å². The topological polar surface area (TPSA) is 155 Å². The zero-order chi connectivity index (χ0) is 14.0. The Labute approximate surface area is 99.3 Å². The standard InChI is InChI=1S/C10H7NO7/c11-7(12)3-1-2-4(8(13)14)6(10(17)18)5(3)9(15)16/h1-2H,(H2,11,12)(H,13,14)(H,15,16)(H,17,18). The van der Waals surface area contributed by atoms with E-state index < -0.39 is 46.1 Å². The molecule has 18 heavy (non-hydrogen) atoms. The van der Waals surface area contributed by atoms with Gasteiger partial charge < -0.3 is 21.1 Å². The number of carbonyl (C=O) groups excluding carboxylic acids is 1. The lowest BCUT2D eigenvalue weighted by atomic mass is 9.95. The van der Waals surface area contributed by atoms with E-state index in [1.165, 1.54) is 0 Å². The van der Waals surface area contributed by atoms with Crippen molar-refractivity contribution in [1.29, 1.82) is 0 Å². The zero-order valence-corrected chi connectivity index (χ0v) is 8.71. The molecule has 0 saturated heterocycles. The van der Waals surface area contributed by atoms with Crippen molar-refractivity contribution >= 4 is 23.8 Å². The molecule has 1 aromatic carbocycles. The number of carboxylic acid groups (broad SMARTS) is 3. The second-order valence-corrected chi connectivity index (χ2v) is 3.19. The summed E-state index contributed by atoms with van der Waals surface area (Å²) in [6.45, 7) is 0. The lowest BCUT2D eigenvalue weighted by molar-refractivity contribution is 0.0631. The molecule has 0 aliphatic heterocycles. The smallest absolute Gasteiger partial charge is 0.337 e. The summed E-state index contributed by atoms with van der Waals surface area (Å²) in [6, 6.07) is 1.68. The van der Waals surface area contributed by atoms with E-state index in [4.69, 9.17) is 21.1 Å². The Morgan fingerprint density at radius 1 is 0.778 bits per heavy atom. The van der Waals surface area contributed by atoms with Gasteiger partial charge in [0.15, 0.2) is 0 Å². The Kier molecular flexibility index (Phi) is 3.32. The van der Waals surface area contributed by atoms with Gasteiger partial charge in [0.1, 0.15) is 0 Å². The third kappa shape index (κ3) is 2.12. The highest BCUT2D eigenvalue weighted by Crippen LogP contribution is 2.20. The Bertz CT molecular complexity index is 525. The van der Waals surface area contributed by atoms with Crippen LogP contribution in [0.15, 0.2) is 12.1 Å². The highest BCUT2D eigenvalue weighted by atomic mass is 16.4. The van der Waals surface area contributed by atoms with Gasteiger partial charge in [-0.2, -0.15) is 0 Å². The fourth-order valence-corrected chi connectivity index (χ4v) is 1.43. The van der Waals surface area contributed by atoms with E-state index >= 15 is 0 Å². The summed E-state index contributed by atoms with van der Waals surface area (Å²) in [5.74, 6) is -6.30. The molecule has 0 aromatic heterocycles. The minimum Gasteiger partial charge on any atom is -0.478 e. The number of rotatable bonds is 4. The van der Waals surface area contributed by atoms with Gasteiger partial charge in [0.25, 0.3) is 0 Å². The number of aromatic carboxylic acids is 3. The first-order valence-corrected chi connectivity index (χ1v) is 4.44. The molecule has 94 valence electrons. The molecule has 1 amide bonds. The second kappa shape index (κ2) is 4.53. The number of amides is 1. The number of hydrogen-bond acceptors (Lipinski definition) is 4. The number of hydrogen-bond donors (Lipinski definition) is 4. The molecule has 0 aliphatic rings. The molecule has 0 bridgehead atoms. The van der Waals surface area contributed by atoms with Crippen molar-refractivity contribution in [3.63, 3.8) is 0 Å². The monoisotopic (exact) mass is 253 g/mol. The zero-order valence-electron chi connectivity index (χ0n) is 8.71. The summed E-state index contributed by atoms with van der Waals surface area (Å²) in [7, 11) is 0. The molecule has 5 N–H and O–H groups in total. The van der Waals surface area contributed by atoms with E-state index in [0.717, 1.165) is 12.1 Å². The van der Waals surface area contributed by atoms with E-state index in [0.29, 0.717) is 0 Å². The average Bonchev–Trinajstić information content (AvgIpc) is 2.26. The third-order valence-corrected chi connectivity index (χ3v) is 2.13. The maximum atomic E-state index is 11.0. The quantitative estimate of drug-likeness (QED) is 0.582. The highest BCUT2D eigenvalue weighted by Gasteiger charge is 2.28. The predicted octanol–water partition coefficient (Wildman–Crippen LogP) is -0.120. The Balaban J connectivity index is 3.82. The SMILES string of the molecule is NC(=O)c1ccc(C(=O)O)c(C(=O)O)c1C(=O)O. The molecule has 0 atom stereocenters. The molecular weight excluding hydrogens is 246 g/mol. The van der Waals surface area contributed by atoms with E-state index in [9.17, 15) is 19.2 Å². The van der Waals surface area contributed by atoms with Gasteiger partial charge in [-0.1, -0.05) is 0 Å². The van der Waals surface area contributed by atoms with Crippen molar-refractivity contribution in [3.8, 4) is 0 Å². The molecule has 1 aromatic rings. The van der Waals surface area contributed by atoms with Crippen molar-refractivity contribution in [2.75, 3.05) is 0 Å².